The van der Waals surface area contributed by atoms with E-state index in [9.17, 15) is 9.59 Å². The molecule has 1 aliphatic rings. The number of benzene rings is 3. The van der Waals surface area contributed by atoms with Crippen LogP contribution in [-0.2, 0) is 12.0 Å². The van der Waals surface area contributed by atoms with Gasteiger partial charge in [-0.25, -0.2) is 0 Å². The molecule has 1 atom stereocenters. The standard InChI is InChI=1S/C29H26BrNO4/c1-29(2,3)19-9-7-18(8-10-19)25-24-26(32)22-15-20(30)11-14-23(22)35-27(24)28(33)31(25)16-17-5-12-21(34-4)13-6-17/h5-15,25H,16H2,1-4H3. The molecule has 0 bridgehead atoms. The number of halogens is 1. The molecular weight excluding hydrogens is 506 g/mol. The first-order chi connectivity index (χ1) is 16.7. The Labute approximate surface area is 212 Å². The van der Waals surface area contributed by atoms with E-state index in [1.165, 1.54) is 5.56 Å². The van der Waals surface area contributed by atoms with Crippen LogP contribution in [0.15, 0.2) is 80.4 Å². The second-order valence-electron chi connectivity index (χ2n) is 9.87. The van der Waals surface area contributed by atoms with Crippen molar-refractivity contribution in [3.05, 3.63) is 109 Å². The number of hydrogen-bond acceptors (Lipinski definition) is 4. The Morgan fingerprint density at radius 2 is 1.66 bits per heavy atom. The molecule has 35 heavy (non-hydrogen) atoms. The Bertz CT molecular complexity index is 1480. The van der Waals surface area contributed by atoms with Gasteiger partial charge in [0.25, 0.3) is 5.91 Å². The number of nitrogens with zero attached hydrogens (tertiary/aromatic N) is 1. The first-order valence-corrected chi connectivity index (χ1v) is 12.3. The van der Waals surface area contributed by atoms with Crippen molar-refractivity contribution in [1.29, 1.82) is 0 Å². The topological polar surface area (TPSA) is 59.8 Å². The van der Waals surface area contributed by atoms with Gasteiger partial charge in [0.2, 0.25) is 5.76 Å². The van der Waals surface area contributed by atoms with Crippen molar-refractivity contribution in [1.82, 2.24) is 4.90 Å². The molecule has 0 saturated heterocycles. The van der Waals surface area contributed by atoms with Gasteiger partial charge in [0.15, 0.2) is 5.43 Å². The van der Waals surface area contributed by atoms with Crippen LogP contribution in [-0.4, -0.2) is 17.9 Å². The van der Waals surface area contributed by atoms with Crippen molar-refractivity contribution >= 4 is 32.8 Å². The van der Waals surface area contributed by atoms with Gasteiger partial charge in [0, 0.05) is 11.0 Å². The SMILES string of the molecule is COc1ccc(CN2C(=O)c3oc4ccc(Br)cc4c(=O)c3C2c2ccc(C(C)(C)C)cc2)cc1. The predicted octanol–water partition coefficient (Wildman–Crippen LogP) is 6.61. The molecule has 0 spiro atoms. The molecule has 0 N–H and O–H groups in total. The van der Waals surface area contributed by atoms with Crippen LogP contribution in [0, 0.1) is 0 Å². The van der Waals surface area contributed by atoms with E-state index in [0.717, 1.165) is 21.3 Å². The van der Waals surface area contributed by atoms with Crippen LogP contribution in [0.25, 0.3) is 11.0 Å². The van der Waals surface area contributed by atoms with E-state index < -0.39 is 6.04 Å². The third-order valence-corrected chi connectivity index (χ3v) is 7.03. The van der Waals surface area contributed by atoms with Crippen molar-refractivity contribution in [3.63, 3.8) is 0 Å². The number of rotatable bonds is 4. The summed E-state index contributed by atoms with van der Waals surface area (Å²) in [5.74, 6) is 0.568. The Hall–Kier alpha value is -3.38. The van der Waals surface area contributed by atoms with Crippen LogP contribution in [0.2, 0.25) is 0 Å². The Morgan fingerprint density at radius 3 is 2.29 bits per heavy atom. The van der Waals surface area contributed by atoms with E-state index in [-0.39, 0.29) is 22.5 Å². The number of hydrogen-bond donors (Lipinski definition) is 0. The fraction of sp³-hybridized carbons (Fsp3) is 0.241. The predicted molar refractivity (Wildman–Crippen MR) is 140 cm³/mol. The van der Waals surface area contributed by atoms with Gasteiger partial charge in [-0.3, -0.25) is 9.59 Å². The van der Waals surface area contributed by atoms with Crippen molar-refractivity contribution in [2.45, 2.75) is 38.8 Å². The lowest BCUT2D eigenvalue weighted by Crippen LogP contribution is -2.29. The molecule has 1 aliphatic heterocycles. The zero-order valence-electron chi connectivity index (χ0n) is 20.1. The van der Waals surface area contributed by atoms with E-state index in [1.54, 1.807) is 30.2 Å². The fourth-order valence-corrected chi connectivity index (χ4v) is 4.96. The average molecular weight is 532 g/mol. The van der Waals surface area contributed by atoms with Crippen LogP contribution in [0.4, 0.5) is 0 Å². The van der Waals surface area contributed by atoms with E-state index in [2.05, 4.69) is 48.8 Å². The van der Waals surface area contributed by atoms with Gasteiger partial charge in [-0.05, 0) is 52.4 Å². The van der Waals surface area contributed by atoms with Crippen LogP contribution < -0.4 is 10.2 Å². The van der Waals surface area contributed by atoms with Gasteiger partial charge in [0.1, 0.15) is 11.3 Å². The molecule has 5 rings (SSSR count). The molecule has 178 valence electrons. The van der Waals surface area contributed by atoms with Crippen molar-refractivity contribution in [2.75, 3.05) is 7.11 Å². The van der Waals surface area contributed by atoms with E-state index in [1.807, 2.05) is 36.4 Å². The number of amides is 1. The van der Waals surface area contributed by atoms with E-state index in [0.29, 0.717) is 23.1 Å². The van der Waals surface area contributed by atoms with Crippen molar-refractivity contribution in [2.24, 2.45) is 0 Å². The van der Waals surface area contributed by atoms with Gasteiger partial charge in [-0.2, -0.15) is 0 Å². The number of carbonyl (C=O) groups is 1. The molecule has 0 fully saturated rings. The second-order valence-corrected chi connectivity index (χ2v) is 10.8. The number of methoxy groups -OCH3 is 1. The van der Waals surface area contributed by atoms with Crippen molar-refractivity contribution in [3.8, 4) is 5.75 Å². The van der Waals surface area contributed by atoms with Crippen molar-refractivity contribution < 1.29 is 13.9 Å². The fourth-order valence-electron chi connectivity index (χ4n) is 4.60. The van der Waals surface area contributed by atoms with Gasteiger partial charge < -0.3 is 14.1 Å². The average Bonchev–Trinajstić information content (AvgIpc) is 3.11. The number of ether oxygens (including phenoxy) is 1. The Morgan fingerprint density at radius 1 is 0.971 bits per heavy atom. The molecule has 0 aliphatic carbocycles. The number of fused-ring (bicyclic) bond motifs is 2. The maximum absolute atomic E-state index is 13.7. The summed E-state index contributed by atoms with van der Waals surface area (Å²) in [6.45, 7) is 6.80. The largest absolute Gasteiger partial charge is 0.497 e. The Balaban J connectivity index is 1.67. The molecule has 0 saturated carbocycles. The zero-order chi connectivity index (χ0) is 24.9. The molecule has 6 heteroatoms. The van der Waals surface area contributed by atoms with Gasteiger partial charge in [-0.1, -0.05) is 73.1 Å². The monoisotopic (exact) mass is 531 g/mol. The minimum absolute atomic E-state index is 0.00772. The van der Waals surface area contributed by atoms with E-state index >= 15 is 0 Å². The third-order valence-electron chi connectivity index (χ3n) is 6.53. The highest BCUT2D eigenvalue weighted by Gasteiger charge is 2.42. The van der Waals surface area contributed by atoms with Crippen LogP contribution in [0.1, 0.15) is 59.6 Å². The molecule has 2 heterocycles. The minimum Gasteiger partial charge on any atom is -0.497 e. The molecule has 5 nitrogen and oxygen atoms in total. The molecule has 1 amide bonds. The Kier molecular flexibility index (Phi) is 5.80. The lowest BCUT2D eigenvalue weighted by Gasteiger charge is -2.26. The summed E-state index contributed by atoms with van der Waals surface area (Å²) < 4.78 is 12.1. The lowest BCUT2D eigenvalue weighted by molar-refractivity contribution is 0.0714. The highest BCUT2D eigenvalue weighted by atomic mass is 79.9. The summed E-state index contributed by atoms with van der Waals surface area (Å²) in [5.41, 5.74) is 3.59. The molecule has 4 aromatic rings. The van der Waals surface area contributed by atoms with Crippen LogP contribution >= 0.6 is 15.9 Å². The van der Waals surface area contributed by atoms with Crippen LogP contribution in [0.5, 0.6) is 5.75 Å². The lowest BCUT2D eigenvalue weighted by atomic mass is 9.86. The minimum atomic E-state index is -0.548. The normalized spacial score (nSPS) is 15.5. The van der Waals surface area contributed by atoms with Gasteiger partial charge in [0.05, 0.1) is 24.1 Å². The highest BCUT2D eigenvalue weighted by molar-refractivity contribution is 9.10. The first-order valence-electron chi connectivity index (χ1n) is 11.5. The molecule has 1 unspecified atom stereocenters. The molecule has 0 radical (unpaired) electrons. The van der Waals surface area contributed by atoms with Gasteiger partial charge >= 0.3 is 0 Å². The summed E-state index contributed by atoms with van der Waals surface area (Å²) in [4.78, 5) is 29.1. The summed E-state index contributed by atoms with van der Waals surface area (Å²) in [5, 5.41) is 0.452. The maximum Gasteiger partial charge on any atom is 0.291 e. The summed E-state index contributed by atoms with van der Waals surface area (Å²) >= 11 is 3.45. The third kappa shape index (κ3) is 4.16. The summed E-state index contributed by atoms with van der Waals surface area (Å²) in [7, 11) is 1.62. The summed E-state index contributed by atoms with van der Waals surface area (Å²) in [6, 6.07) is 20.5. The first kappa shape index (κ1) is 23.4. The zero-order valence-corrected chi connectivity index (χ0v) is 21.7. The highest BCUT2D eigenvalue weighted by Crippen LogP contribution is 2.40. The quantitative estimate of drug-likeness (QED) is 0.297. The molecule has 3 aromatic carbocycles. The summed E-state index contributed by atoms with van der Waals surface area (Å²) in [6.07, 6.45) is 0. The number of carbonyl (C=O) groups excluding carboxylic acids is 1. The second kappa shape index (κ2) is 8.68. The maximum atomic E-state index is 13.7. The smallest absolute Gasteiger partial charge is 0.291 e. The van der Waals surface area contributed by atoms with Crippen LogP contribution in [0.3, 0.4) is 0 Å². The molecule has 1 aromatic heterocycles. The van der Waals surface area contributed by atoms with Gasteiger partial charge in [-0.15, -0.1) is 0 Å². The van der Waals surface area contributed by atoms with E-state index in [4.69, 9.17) is 9.15 Å². The molecular formula is C29H26BrNO4.